The Labute approximate surface area is 219 Å². The minimum Gasteiger partial charge on any atom is -0.371 e. The summed E-state index contributed by atoms with van der Waals surface area (Å²) in [5, 5.41) is 3.11. The number of carbonyl (C=O) groups is 1. The Balaban J connectivity index is 1.10. The number of amides is 1. The monoisotopic (exact) mass is 535 g/mol. The molecule has 3 aliphatic rings. The number of aromatic nitrogens is 1. The zero-order valence-electron chi connectivity index (χ0n) is 21.2. The normalized spacial score (nSPS) is 23.2. The van der Waals surface area contributed by atoms with E-state index in [2.05, 4.69) is 15.1 Å². The second-order valence-electron chi connectivity index (χ2n) is 10.5. The lowest BCUT2D eigenvalue weighted by molar-refractivity contribution is -0.138. The average Bonchev–Trinajstić information content (AvgIpc) is 3.18. The number of benzene rings is 1. The van der Waals surface area contributed by atoms with Gasteiger partial charge >= 0.3 is 6.18 Å². The summed E-state index contributed by atoms with van der Waals surface area (Å²) in [7, 11) is 0. The molecule has 0 spiro atoms. The third-order valence-corrected chi connectivity index (χ3v) is 7.92. The first-order valence-corrected chi connectivity index (χ1v) is 13.2. The van der Waals surface area contributed by atoms with Crippen LogP contribution < -0.4 is 15.8 Å². The molecule has 2 unspecified atom stereocenters. The van der Waals surface area contributed by atoms with Crippen LogP contribution >= 0.6 is 0 Å². The van der Waals surface area contributed by atoms with Crippen molar-refractivity contribution in [3.63, 3.8) is 0 Å². The van der Waals surface area contributed by atoms with Gasteiger partial charge in [0.1, 0.15) is 5.82 Å². The van der Waals surface area contributed by atoms with Crippen molar-refractivity contribution < 1.29 is 22.4 Å². The standard InChI is InChI=1S/C27H33F4N5O2/c28-20-3-5-23(6-4-20)34-9-1-2-22(8-11-34)35-10-7-21(16-35)32-25(37)18-33-12-13-36-24(17-33)14-19(15-26(36)38)27(29,30)31/h3-6,14-15,21-22H,1-2,7-13,16-18H2,(H,32,37). The summed E-state index contributed by atoms with van der Waals surface area (Å²) in [5.41, 5.74) is -0.299. The van der Waals surface area contributed by atoms with E-state index in [9.17, 15) is 27.2 Å². The van der Waals surface area contributed by atoms with Crippen LogP contribution in [0.4, 0.5) is 23.2 Å². The number of rotatable bonds is 5. The van der Waals surface area contributed by atoms with Gasteiger partial charge in [-0.05, 0) is 56.0 Å². The molecule has 38 heavy (non-hydrogen) atoms. The van der Waals surface area contributed by atoms with Crippen molar-refractivity contribution in [1.29, 1.82) is 0 Å². The highest BCUT2D eigenvalue weighted by atomic mass is 19.4. The Bertz CT molecular complexity index is 1200. The molecule has 0 bridgehead atoms. The van der Waals surface area contributed by atoms with Gasteiger partial charge in [0.15, 0.2) is 0 Å². The van der Waals surface area contributed by atoms with E-state index in [1.807, 2.05) is 12.1 Å². The fourth-order valence-electron chi connectivity index (χ4n) is 5.95. The first-order valence-electron chi connectivity index (χ1n) is 13.2. The van der Waals surface area contributed by atoms with E-state index < -0.39 is 17.3 Å². The van der Waals surface area contributed by atoms with Crippen LogP contribution in [0.1, 0.15) is 36.9 Å². The fraction of sp³-hybridized carbons (Fsp3) is 0.556. The highest BCUT2D eigenvalue weighted by Gasteiger charge is 2.34. The molecule has 2 fully saturated rings. The van der Waals surface area contributed by atoms with Crippen LogP contribution in [0.15, 0.2) is 41.2 Å². The lowest BCUT2D eigenvalue weighted by Gasteiger charge is -2.30. The number of carbonyl (C=O) groups excluding carboxylic acids is 1. The average molecular weight is 536 g/mol. The number of hydrogen-bond acceptors (Lipinski definition) is 5. The number of pyridine rings is 1. The van der Waals surface area contributed by atoms with E-state index in [1.165, 1.54) is 16.7 Å². The summed E-state index contributed by atoms with van der Waals surface area (Å²) in [6.07, 6.45) is -0.600. The third-order valence-electron chi connectivity index (χ3n) is 7.92. The van der Waals surface area contributed by atoms with E-state index in [0.717, 1.165) is 63.6 Å². The van der Waals surface area contributed by atoms with Crippen molar-refractivity contribution in [3.05, 3.63) is 63.8 Å². The highest BCUT2D eigenvalue weighted by Crippen LogP contribution is 2.29. The summed E-state index contributed by atoms with van der Waals surface area (Å²) in [6.45, 7) is 4.41. The summed E-state index contributed by atoms with van der Waals surface area (Å²) < 4.78 is 54.0. The molecule has 1 aromatic carbocycles. The number of fused-ring (bicyclic) bond motifs is 1. The molecule has 0 saturated carbocycles. The number of hydrogen-bond donors (Lipinski definition) is 1. The summed E-state index contributed by atoms with van der Waals surface area (Å²) in [5.74, 6) is -0.384. The van der Waals surface area contributed by atoms with E-state index in [0.29, 0.717) is 18.7 Å². The van der Waals surface area contributed by atoms with E-state index in [4.69, 9.17) is 0 Å². The number of nitrogens with zero attached hydrogens (tertiary/aromatic N) is 4. The molecule has 0 radical (unpaired) electrons. The SMILES string of the molecule is O=C(CN1CCn2c(cc(C(F)(F)F)cc2=O)C1)NC1CCN(C2CCCN(c3ccc(F)cc3)CC2)C1. The Morgan fingerprint density at radius 1 is 0.974 bits per heavy atom. The van der Waals surface area contributed by atoms with Gasteiger partial charge in [-0.1, -0.05) is 0 Å². The van der Waals surface area contributed by atoms with E-state index in [1.54, 1.807) is 4.90 Å². The van der Waals surface area contributed by atoms with Crippen molar-refractivity contribution in [1.82, 2.24) is 19.7 Å². The second-order valence-corrected chi connectivity index (χ2v) is 10.5. The van der Waals surface area contributed by atoms with Crippen LogP contribution in [0.25, 0.3) is 0 Å². The zero-order valence-corrected chi connectivity index (χ0v) is 21.2. The number of nitrogens with one attached hydrogen (secondary N) is 1. The molecule has 5 rings (SSSR count). The number of alkyl halides is 3. The molecule has 206 valence electrons. The Hall–Kier alpha value is -2.92. The van der Waals surface area contributed by atoms with Gasteiger partial charge in [0.2, 0.25) is 5.91 Å². The predicted molar refractivity (Wildman–Crippen MR) is 135 cm³/mol. The summed E-state index contributed by atoms with van der Waals surface area (Å²) in [6, 6.07) is 8.74. The van der Waals surface area contributed by atoms with Crippen LogP contribution in [0.5, 0.6) is 0 Å². The first-order chi connectivity index (χ1) is 18.2. The van der Waals surface area contributed by atoms with Gasteiger partial charge in [-0.2, -0.15) is 13.2 Å². The number of anilines is 1. The van der Waals surface area contributed by atoms with E-state index >= 15 is 0 Å². The van der Waals surface area contributed by atoms with Crippen molar-refractivity contribution in [2.24, 2.45) is 0 Å². The lowest BCUT2D eigenvalue weighted by Crippen LogP contribution is -2.47. The molecule has 1 amide bonds. The summed E-state index contributed by atoms with van der Waals surface area (Å²) in [4.78, 5) is 31.4. The van der Waals surface area contributed by atoms with Gasteiger partial charge < -0.3 is 14.8 Å². The van der Waals surface area contributed by atoms with Gasteiger partial charge in [0.25, 0.3) is 5.56 Å². The first kappa shape index (κ1) is 26.7. The van der Waals surface area contributed by atoms with Crippen LogP contribution in [0.2, 0.25) is 0 Å². The lowest BCUT2D eigenvalue weighted by atomic mass is 10.1. The molecular formula is C27H33F4N5O2. The Morgan fingerprint density at radius 2 is 1.76 bits per heavy atom. The molecule has 4 heterocycles. The van der Waals surface area contributed by atoms with Gasteiger partial charge in [-0.25, -0.2) is 4.39 Å². The molecule has 2 aromatic rings. The van der Waals surface area contributed by atoms with Crippen molar-refractivity contribution >= 4 is 11.6 Å². The molecule has 1 aromatic heterocycles. The summed E-state index contributed by atoms with van der Waals surface area (Å²) >= 11 is 0. The largest absolute Gasteiger partial charge is 0.416 e. The van der Waals surface area contributed by atoms with Crippen molar-refractivity contribution in [3.8, 4) is 0 Å². The van der Waals surface area contributed by atoms with Crippen LogP contribution in [-0.4, -0.2) is 71.6 Å². The van der Waals surface area contributed by atoms with Gasteiger partial charge in [-0.15, -0.1) is 0 Å². The molecule has 2 saturated heterocycles. The third kappa shape index (κ3) is 6.20. The molecule has 2 atom stereocenters. The molecular weight excluding hydrogens is 502 g/mol. The highest BCUT2D eigenvalue weighted by molar-refractivity contribution is 5.78. The van der Waals surface area contributed by atoms with Crippen LogP contribution in [0, 0.1) is 5.82 Å². The fourth-order valence-corrected chi connectivity index (χ4v) is 5.95. The molecule has 1 N–H and O–H groups in total. The van der Waals surface area contributed by atoms with Gasteiger partial charge in [0, 0.05) is 75.3 Å². The molecule has 11 heteroatoms. The topological polar surface area (TPSA) is 60.8 Å². The van der Waals surface area contributed by atoms with Gasteiger partial charge in [0.05, 0.1) is 12.1 Å². The van der Waals surface area contributed by atoms with Crippen LogP contribution in [-0.2, 0) is 24.1 Å². The minimum atomic E-state index is -4.58. The predicted octanol–water partition coefficient (Wildman–Crippen LogP) is 3.07. The Kier molecular flexibility index (Phi) is 7.76. The molecule has 0 aliphatic carbocycles. The zero-order chi connectivity index (χ0) is 26.9. The molecule has 3 aliphatic heterocycles. The van der Waals surface area contributed by atoms with Crippen molar-refractivity contribution in [2.75, 3.05) is 44.2 Å². The van der Waals surface area contributed by atoms with Crippen LogP contribution in [0.3, 0.4) is 0 Å². The number of halogens is 4. The maximum atomic E-state index is 13.3. The smallest absolute Gasteiger partial charge is 0.371 e. The quantitative estimate of drug-likeness (QED) is 0.597. The van der Waals surface area contributed by atoms with Gasteiger partial charge in [-0.3, -0.25) is 19.4 Å². The van der Waals surface area contributed by atoms with E-state index in [-0.39, 0.29) is 43.1 Å². The minimum absolute atomic E-state index is 0.0375. The maximum absolute atomic E-state index is 13.3. The Morgan fingerprint density at radius 3 is 2.53 bits per heavy atom. The number of likely N-dealkylation sites (tertiary alicyclic amines) is 1. The van der Waals surface area contributed by atoms with Crippen molar-refractivity contribution in [2.45, 2.75) is 57.0 Å². The maximum Gasteiger partial charge on any atom is 0.416 e. The molecule has 7 nitrogen and oxygen atoms in total. The second kappa shape index (κ2) is 11.1.